The van der Waals surface area contributed by atoms with Crippen LogP contribution < -0.4 is 0 Å². The van der Waals surface area contributed by atoms with Crippen molar-refractivity contribution in [2.75, 3.05) is 26.2 Å². The van der Waals surface area contributed by atoms with Gasteiger partial charge in [0, 0.05) is 38.9 Å². The highest BCUT2D eigenvalue weighted by Crippen LogP contribution is 2.13. The van der Waals surface area contributed by atoms with Crippen LogP contribution in [-0.2, 0) is 6.54 Å². The second kappa shape index (κ2) is 6.15. The van der Waals surface area contributed by atoms with Crippen molar-refractivity contribution in [2.45, 2.75) is 6.54 Å². The van der Waals surface area contributed by atoms with E-state index in [0.717, 1.165) is 37.6 Å². The van der Waals surface area contributed by atoms with E-state index in [0.29, 0.717) is 0 Å². The van der Waals surface area contributed by atoms with Gasteiger partial charge in [-0.2, -0.15) is 0 Å². The first-order valence-electron chi connectivity index (χ1n) is 6.79. The molecule has 2 aromatic rings. The topological polar surface area (TPSA) is 36.4 Å². The molecule has 0 aliphatic carbocycles. The molecule has 1 aromatic heterocycles. The van der Waals surface area contributed by atoms with Gasteiger partial charge in [0.15, 0.2) is 0 Å². The maximum atomic E-state index is 12.2. The third kappa shape index (κ3) is 3.05. The van der Waals surface area contributed by atoms with E-state index in [4.69, 9.17) is 0 Å². The molecule has 1 aromatic carbocycles. The molecule has 5 heteroatoms. The predicted octanol–water partition coefficient (Wildman–Crippen LogP) is 2.10. The summed E-state index contributed by atoms with van der Waals surface area (Å²) in [7, 11) is 0. The van der Waals surface area contributed by atoms with E-state index in [2.05, 4.69) is 33.5 Å². The molecule has 0 spiro atoms. The van der Waals surface area contributed by atoms with Crippen LogP contribution in [0.3, 0.4) is 0 Å². The Labute approximate surface area is 122 Å². The summed E-state index contributed by atoms with van der Waals surface area (Å²) in [6.07, 6.45) is 1.68. The van der Waals surface area contributed by atoms with Gasteiger partial charge in [-0.3, -0.25) is 9.69 Å². The SMILES string of the molecule is O=C(c1ccns1)N1CCN(Cc2ccccc2)CC1. The highest BCUT2D eigenvalue weighted by atomic mass is 32.1. The van der Waals surface area contributed by atoms with E-state index in [-0.39, 0.29) is 5.91 Å². The minimum absolute atomic E-state index is 0.117. The van der Waals surface area contributed by atoms with Gasteiger partial charge >= 0.3 is 0 Å². The number of rotatable bonds is 3. The van der Waals surface area contributed by atoms with Crippen molar-refractivity contribution in [1.82, 2.24) is 14.2 Å². The number of amides is 1. The van der Waals surface area contributed by atoms with E-state index >= 15 is 0 Å². The summed E-state index contributed by atoms with van der Waals surface area (Å²) in [5.74, 6) is 0.117. The highest BCUT2D eigenvalue weighted by Gasteiger charge is 2.22. The number of carbonyl (C=O) groups is 1. The van der Waals surface area contributed by atoms with Gasteiger partial charge in [-0.25, -0.2) is 4.37 Å². The predicted molar refractivity (Wildman–Crippen MR) is 79.7 cm³/mol. The van der Waals surface area contributed by atoms with Crippen LogP contribution in [0.25, 0.3) is 0 Å². The summed E-state index contributed by atoms with van der Waals surface area (Å²) in [6, 6.07) is 12.3. The van der Waals surface area contributed by atoms with Crippen LogP contribution in [0, 0.1) is 0 Å². The molecule has 3 rings (SSSR count). The van der Waals surface area contributed by atoms with Gasteiger partial charge in [0.2, 0.25) is 0 Å². The number of carbonyl (C=O) groups excluding carboxylic acids is 1. The van der Waals surface area contributed by atoms with Crippen LogP contribution in [0.2, 0.25) is 0 Å². The smallest absolute Gasteiger partial charge is 0.265 e. The Morgan fingerprint density at radius 1 is 1.10 bits per heavy atom. The number of benzene rings is 1. The molecule has 1 fully saturated rings. The average molecular weight is 287 g/mol. The van der Waals surface area contributed by atoms with E-state index in [9.17, 15) is 4.79 Å². The molecule has 0 radical (unpaired) electrons. The Morgan fingerprint density at radius 3 is 2.50 bits per heavy atom. The molecule has 20 heavy (non-hydrogen) atoms. The van der Waals surface area contributed by atoms with Crippen LogP contribution in [0.1, 0.15) is 15.2 Å². The largest absolute Gasteiger partial charge is 0.335 e. The maximum Gasteiger partial charge on any atom is 0.265 e. The van der Waals surface area contributed by atoms with Crippen molar-refractivity contribution in [3.05, 3.63) is 53.0 Å². The normalized spacial score (nSPS) is 16.3. The molecule has 0 atom stereocenters. The Kier molecular flexibility index (Phi) is 4.08. The maximum absolute atomic E-state index is 12.2. The molecule has 1 amide bonds. The molecular formula is C15H17N3OS. The fourth-order valence-corrected chi connectivity index (χ4v) is 3.00. The van der Waals surface area contributed by atoms with Crippen LogP contribution in [0.5, 0.6) is 0 Å². The van der Waals surface area contributed by atoms with Gasteiger partial charge in [0.05, 0.1) is 0 Å². The number of piperazine rings is 1. The molecule has 1 saturated heterocycles. The average Bonchev–Trinajstić information content (AvgIpc) is 3.03. The minimum atomic E-state index is 0.117. The number of nitrogens with zero attached hydrogens (tertiary/aromatic N) is 3. The summed E-state index contributed by atoms with van der Waals surface area (Å²) in [4.78, 5) is 17.3. The number of hydrogen-bond donors (Lipinski definition) is 0. The molecule has 0 N–H and O–H groups in total. The molecule has 1 aliphatic heterocycles. The second-order valence-corrected chi connectivity index (χ2v) is 5.76. The van der Waals surface area contributed by atoms with Crippen LogP contribution in [-0.4, -0.2) is 46.3 Å². The van der Waals surface area contributed by atoms with Crippen molar-refractivity contribution in [3.8, 4) is 0 Å². The lowest BCUT2D eigenvalue weighted by molar-refractivity contribution is 0.0633. The van der Waals surface area contributed by atoms with E-state index in [1.807, 2.05) is 11.0 Å². The van der Waals surface area contributed by atoms with Gasteiger partial charge in [-0.1, -0.05) is 30.3 Å². The van der Waals surface area contributed by atoms with Crippen molar-refractivity contribution in [1.29, 1.82) is 0 Å². The standard InChI is InChI=1S/C15H17N3OS/c19-15(14-6-7-16-20-14)18-10-8-17(9-11-18)12-13-4-2-1-3-5-13/h1-7H,8-12H2. The number of aromatic nitrogens is 1. The Balaban J connectivity index is 1.53. The minimum Gasteiger partial charge on any atom is -0.335 e. The monoisotopic (exact) mass is 287 g/mol. The lowest BCUT2D eigenvalue weighted by Crippen LogP contribution is -2.48. The zero-order valence-electron chi connectivity index (χ0n) is 11.2. The fraction of sp³-hybridized carbons (Fsp3) is 0.333. The first kappa shape index (κ1) is 13.3. The van der Waals surface area contributed by atoms with Crippen LogP contribution in [0.15, 0.2) is 42.6 Å². The Morgan fingerprint density at radius 2 is 1.85 bits per heavy atom. The quantitative estimate of drug-likeness (QED) is 0.867. The van der Waals surface area contributed by atoms with Crippen molar-refractivity contribution < 1.29 is 4.79 Å². The molecule has 1 aliphatic rings. The molecule has 0 unspecified atom stereocenters. The van der Waals surface area contributed by atoms with Crippen molar-refractivity contribution in [3.63, 3.8) is 0 Å². The molecule has 4 nitrogen and oxygen atoms in total. The van der Waals surface area contributed by atoms with Crippen molar-refractivity contribution in [2.24, 2.45) is 0 Å². The van der Waals surface area contributed by atoms with Crippen LogP contribution >= 0.6 is 11.5 Å². The van der Waals surface area contributed by atoms with Gasteiger partial charge in [0.25, 0.3) is 5.91 Å². The third-order valence-corrected chi connectivity index (χ3v) is 4.29. The lowest BCUT2D eigenvalue weighted by atomic mass is 10.2. The summed E-state index contributed by atoms with van der Waals surface area (Å²) in [5, 5.41) is 0. The van der Waals surface area contributed by atoms with E-state index in [1.165, 1.54) is 17.1 Å². The highest BCUT2D eigenvalue weighted by molar-refractivity contribution is 7.08. The first-order valence-corrected chi connectivity index (χ1v) is 7.56. The first-order chi connectivity index (χ1) is 9.83. The van der Waals surface area contributed by atoms with Crippen LogP contribution in [0.4, 0.5) is 0 Å². The summed E-state index contributed by atoms with van der Waals surface area (Å²) in [6.45, 7) is 4.41. The summed E-state index contributed by atoms with van der Waals surface area (Å²) in [5.41, 5.74) is 1.33. The number of hydrogen-bond acceptors (Lipinski definition) is 4. The van der Waals surface area contributed by atoms with Gasteiger partial charge in [0.1, 0.15) is 4.88 Å². The second-order valence-electron chi connectivity index (χ2n) is 4.93. The van der Waals surface area contributed by atoms with Gasteiger partial charge in [-0.05, 0) is 23.2 Å². The summed E-state index contributed by atoms with van der Waals surface area (Å²) >= 11 is 1.27. The zero-order valence-corrected chi connectivity index (χ0v) is 12.1. The van der Waals surface area contributed by atoms with Gasteiger partial charge in [-0.15, -0.1) is 0 Å². The molecule has 104 valence electrons. The molecule has 2 heterocycles. The molecular weight excluding hydrogens is 270 g/mol. The molecule has 0 bridgehead atoms. The Hall–Kier alpha value is -1.72. The van der Waals surface area contributed by atoms with E-state index < -0.39 is 0 Å². The third-order valence-electron chi connectivity index (χ3n) is 3.56. The zero-order chi connectivity index (χ0) is 13.8. The fourth-order valence-electron chi connectivity index (χ4n) is 2.43. The lowest BCUT2D eigenvalue weighted by Gasteiger charge is -2.34. The van der Waals surface area contributed by atoms with Gasteiger partial charge < -0.3 is 4.90 Å². The Bertz CT molecular complexity index is 548. The van der Waals surface area contributed by atoms with E-state index in [1.54, 1.807) is 12.3 Å². The summed E-state index contributed by atoms with van der Waals surface area (Å²) < 4.78 is 3.99. The molecule has 0 saturated carbocycles. The van der Waals surface area contributed by atoms with Crippen molar-refractivity contribution >= 4 is 17.4 Å².